The maximum absolute atomic E-state index is 12.4. The van der Waals surface area contributed by atoms with Gasteiger partial charge in [-0.3, -0.25) is 14.4 Å². The van der Waals surface area contributed by atoms with Gasteiger partial charge in [-0.05, 0) is 38.1 Å². The fraction of sp³-hybridized carbons (Fsp3) is 0.250. The molecule has 2 rings (SSSR count). The van der Waals surface area contributed by atoms with Gasteiger partial charge in [-0.25, -0.2) is 0 Å². The summed E-state index contributed by atoms with van der Waals surface area (Å²) in [4.78, 5) is 38.0. The largest absolute Gasteiger partial charge is 0.341 e. The number of carbonyl (C=O) groups excluding carboxylic acids is 3. The molecule has 0 saturated carbocycles. The van der Waals surface area contributed by atoms with E-state index in [9.17, 15) is 14.4 Å². The summed E-state index contributed by atoms with van der Waals surface area (Å²) in [6, 6.07) is 15.4. The molecule has 0 aliphatic carbocycles. The van der Waals surface area contributed by atoms with Gasteiger partial charge in [-0.15, -0.1) is 0 Å². The molecule has 0 aliphatic heterocycles. The molecular weight excluding hydrogens is 330 g/mol. The van der Waals surface area contributed by atoms with Crippen LogP contribution >= 0.6 is 0 Å². The molecule has 1 atom stereocenters. The van der Waals surface area contributed by atoms with E-state index in [0.717, 1.165) is 5.56 Å². The molecule has 0 fully saturated rings. The third-order valence-electron chi connectivity index (χ3n) is 3.81. The number of carbonyl (C=O) groups is 3. The molecule has 6 nitrogen and oxygen atoms in total. The molecule has 0 bridgehead atoms. The maximum atomic E-state index is 12.4. The average Bonchev–Trinajstić information content (AvgIpc) is 2.61. The first kappa shape index (κ1) is 19.2. The zero-order valence-electron chi connectivity index (χ0n) is 15.2. The lowest BCUT2D eigenvalue weighted by atomic mass is 10.1. The van der Waals surface area contributed by atoms with E-state index in [1.807, 2.05) is 31.2 Å². The number of likely N-dealkylation sites (N-methyl/N-ethyl adjacent to an activating group) is 1. The first-order chi connectivity index (χ1) is 12.4. The smallest absolute Gasteiger partial charge is 0.251 e. The fourth-order valence-electron chi connectivity index (χ4n) is 2.47. The van der Waals surface area contributed by atoms with Crippen LogP contribution in [0.25, 0.3) is 0 Å². The first-order valence-corrected chi connectivity index (χ1v) is 8.34. The number of rotatable bonds is 6. The molecule has 2 N–H and O–H groups in total. The second-order valence-corrected chi connectivity index (χ2v) is 6.17. The Morgan fingerprint density at radius 1 is 1.04 bits per heavy atom. The van der Waals surface area contributed by atoms with Crippen LogP contribution in [0.1, 0.15) is 22.8 Å². The van der Waals surface area contributed by atoms with Crippen molar-refractivity contribution >= 4 is 23.4 Å². The Balaban J connectivity index is 1.88. The number of hydrogen-bond acceptors (Lipinski definition) is 3. The Kier molecular flexibility index (Phi) is 6.49. The number of hydrogen-bond donors (Lipinski definition) is 2. The minimum absolute atomic E-state index is 0.0988. The van der Waals surface area contributed by atoms with Crippen molar-refractivity contribution in [2.75, 3.05) is 18.9 Å². The van der Waals surface area contributed by atoms with Gasteiger partial charge in [0.15, 0.2) is 0 Å². The predicted molar refractivity (Wildman–Crippen MR) is 101 cm³/mol. The first-order valence-electron chi connectivity index (χ1n) is 8.34. The van der Waals surface area contributed by atoms with Gasteiger partial charge in [-0.1, -0.05) is 35.9 Å². The zero-order chi connectivity index (χ0) is 19.1. The zero-order valence-corrected chi connectivity index (χ0v) is 15.2. The van der Waals surface area contributed by atoms with Crippen molar-refractivity contribution in [3.8, 4) is 0 Å². The minimum atomic E-state index is -0.738. The van der Waals surface area contributed by atoms with Gasteiger partial charge < -0.3 is 15.5 Å². The molecule has 136 valence electrons. The highest BCUT2D eigenvalue weighted by Gasteiger charge is 2.21. The van der Waals surface area contributed by atoms with E-state index < -0.39 is 6.04 Å². The van der Waals surface area contributed by atoms with Gasteiger partial charge in [-0.2, -0.15) is 0 Å². The van der Waals surface area contributed by atoms with Crippen LogP contribution in [-0.2, 0) is 9.59 Å². The van der Waals surface area contributed by atoms with E-state index in [-0.39, 0.29) is 24.3 Å². The molecule has 0 saturated heterocycles. The van der Waals surface area contributed by atoms with Gasteiger partial charge in [0.2, 0.25) is 11.8 Å². The monoisotopic (exact) mass is 353 g/mol. The highest BCUT2D eigenvalue weighted by Crippen LogP contribution is 2.06. The van der Waals surface area contributed by atoms with Crippen LogP contribution in [0, 0.1) is 6.92 Å². The Labute approximate surface area is 153 Å². The van der Waals surface area contributed by atoms with Crippen molar-refractivity contribution in [1.82, 2.24) is 10.2 Å². The highest BCUT2D eigenvalue weighted by atomic mass is 16.2. The summed E-state index contributed by atoms with van der Waals surface area (Å²) < 4.78 is 0. The summed E-state index contributed by atoms with van der Waals surface area (Å²) in [5.41, 5.74) is 2.12. The Morgan fingerprint density at radius 3 is 2.38 bits per heavy atom. The third kappa shape index (κ3) is 5.44. The van der Waals surface area contributed by atoms with E-state index in [1.54, 1.807) is 37.3 Å². The second kappa shape index (κ2) is 8.80. The Morgan fingerprint density at radius 2 is 1.73 bits per heavy atom. The SMILES string of the molecule is Cc1cccc(C(=O)NC(C)C(=O)N(C)CC(=O)Nc2ccccc2)c1. The summed E-state index contributed by atoms with van der Waals surface area (Å²) in [6.45, 7) is 3.39. The van der Waals surface area contributed by atoms with Crippen molar-refractivity contribution in [2.24, 2.45) is 0 Å². The van der Waals surface area contributed by atoms with Crippen molar-refractivity contribution in [1.29, 1.82) is 0 Å². The van der Waals surface area contributed by atoms with Gasteiger partial charge >= 0.3 is 0 Å². The lowest BCUT2D eigenvalue weighted by Crippen LogP contribution is -2.47. The molecule has 0 aliphatic rings. The molecule has 1 unspecified atom stereocenters. The summed E-state index contributed by atoms with van der Waals surface area (Å²) in [6.07, 6.45) is 0. The molecule has 26 heavy (non-hydrogen) atoms. The number of aryl methyl sites for hydroxylation is 1. The average molecular weight is 353 g/mol. The lowest BCUT2D eigenvalue weighted by Gasteiger charge is -2.21. The van der Waals surface area contributed by atoms with Crippen LogP contribution in [-0.4, -0.2) is 42.3 Å². The molecule has 0 heterocycles. The Hall–Kier alpha value is -3.15. The number of para-hydroxylation sites is 1. The predicted octanol–water partition coefficient (Wildman–Crippen LogP) is 2.21. The molecule has 3 amide bonds. The minimum Gasteiger partial charge on any atom is -0.341 e. The van der Waals surface area contributed by atoms with Crippen molar-refractivity contribution in [3.63, 3.8) is 0 Å². The number of amides is 3. The number of anilines is 1. The Bertz CT molecular complexity index is 790. The third-order valence-corrected chi connectivity index (χ3v) is 3.81. The molecular formula is C20H23N3O3. The second-order valence-electron chi connectivity index (χ2n) is 6.17. The van der Waals surface area contributed by atoms with Crippen LogP contribution in [0.4, 0.5) is 5.69 Å². The van der Waals surface area contributed by atoms with Gasteiger partial charge in [0.1, 0.15) is 6.04 Å². The van der Waals surface area contributed by atoms with Crippen LogP contribution in [0.5, 0.6) is 0 Å². The molecule has 2 aromatic carbocycles. The normalized spacial score (nSPS) is 11.3. The fourth-order valence-corrected chi connectivity index (χ4v) is 2.47. The highest BCUT2D eigenvalue weighted by molar-refractivity contribution is 5.99. The van der Waals surface area contributed by atoms with Crippen molar-refractivity contribution in [3.05, 3.63) is 65.7 Å². The summed E-state index contributed by atoms with van der Waals surface area (Å²) in [7, 11) is 1.53. The van der Waals surface area contributed by atoms with E-state index >= 15 is 0 Å². The molecule has 0 aromatic heterocycles. The maximum Gasteiger partial charge on any atom is 0.251 e. The number of benzene rings is 2. The van der Waals surface area contributed by atoms with Crippen LogP contribution in [0.3, 0.4) is 0 Å². The molecule has 6 heteroatoms. The summed E-state index contributed by atoms with van der Waals surface area (Å²) in [5, 5.41) is 5.38. The van der Waals surface area contributed by atoms with Crippen molar-refractivity contribution < 1.29 is 14.4 Å². The summed E-state index contributed by atoms with van der Waals surface area (Å²) in [5.74, 6) is -0.963. The van der Waals surface area contributed by atoms with Crippen LogP contribution < -0.4 is 10.6 Å². The van der Waals surface area contributed by atoms with Gasteiger partial charge in [0.05, 0.1) is 6.54 Å². The molecule has 0 radical (unpaired) electrons. The molecule has 2 aromatic rings. The quantitative estimate of drug-likeness (QED) is 0.836. The number of nitrogens with one attached hydrogen (secondary N) is 2. The van der Waals surface area contributed by atoms with Crippen LogP contribution in [0.15, 0.2) is 54.6 Å². The van der Waals surface area contributed by atoms with E-state index in [0.29, 0.717) is 11.3 Å². The topological polar surface area (TPSA) is 78.5 Å². The van der Waals surface area contributed by atoms with Crippen molar-refractivity contribution in [2.45, 2.75) is 19.9 Å². The number of nitrogens with zero attached hydrogens (tertiary/aromatic N) is 1. The van der Waals surface area contributed by atoms with Crippen LogP contribution in [0.2, 0.25) is 0 Å². The lowest BCUT2D eigenvalue weighted by molar-refractivity contribution is -0.134. The molecule has 0 spiro atoms. The standard InChI is InChI=1S/C20H23N3O3/c1-14-8-7-9-16(12-14)19(25)21-15(2)20(26)23(3)13-18(24)22-17-10-5-4-6-11-17/h4-12,15H,13H2,1-3H3,(H,21,25)(H,22,24). The van der Waals surface area contributed by atoms with E-state index in [4.69, 9.17) is 0 Å². The van der Waals surface area contributed by atoms with Gasteiger partial charge in [0.25, 0.3) is 5.91 Å². The van der Waals surface area contributed by atoms with E-state index in [1.165, 1.54) is 11.9 Å². The summed E-state index contributed by atoms with van der Waals surface area (Å²) >= 11 is 0. The van der Waals surface area contributed by atoms with E-state index in [2.05, 4.69) is 10.6 Å². The van der Waals surface area contributed by atoms with Gasteiger partial charge in [0, 0.05) is 18.3 Å².